The smallest absolute Gasteiger partial charge is 0.239 e. The topological polar surface area (TPSA) is 30.1 Å². The number of nitrogens with zero attached hydrogens (tertiary/aromatic N) is 2. The van der Waals surface area contributed by atoms with Crippen LogP contribution in [0.3, 0.4) is 0 Å². The molecule has 67 heavy (non-hydrogen) atoms. The average molecular weight is 872 g/mol. The summed E-state index contributed by atoms with van der Waals surface area (Å²) in [6.45, 7) is 0. The van der Waals surface area contributed by atoms with Crippen molar-refractivity contribution in [2.75, 3.05) is 0 Å². The molecule has 0 bridgehead atoms. The van der Waals surface area contributed by atoms with Crippen LogP contribution in [-0.2, 0) is 5.41 Å². The number of fused-ring (bicyclic) bond motifs is 13. The Bertz CT molecular complexity index is 4260. The van der Waals surface area contributed by atoms with E-state index in [0.29, 0.717) is 0 Å². The highest BCUT2D eigenvalue weighted by atomic mass is 31.2. The van der Waals surface area contributed by atoms with Crippen LogP contribution in [0.4, 0.5) is 0 Å². The predicted octanol–water partition coefficient (Wildman–Crippen LogP) is 14.1. The molecule has 0 saturated heterocycles. The fraction of sp³-hybridized carbons (Fsp3) is 0.0159. The molecule has 2 unspecified atom stereocenters. The zero-order valence-corrected chi connectivity index (χ0v) is 37.2. The molecule has 15 rings (SSSR count). The Balaban J connectivity index is 1.09. The lowest BCUT2D eigenvalue weighted by Gasteiger charge is -2.41. The molecule has 312 valence electrons. The fourth-order valence-corrected chi connectivity index (χ4v) is 15.7. The third kappa shape index (κ3) is 4.77. The molecule has 4 heteroatoms. The van der Waals surface area contributed by atoms with Crippen LogP contribution < -0.4 is 15.9 Å². The second-order valence-electron chi connectivity index (χ2n) is 18.3. The first kappa shape index (κ1) is 37.2. The van der Waals surface area contributed by atoms with Gasteiger partial charge in [-0.2, -0.15) is 0 Å². The second kappa shape index (κ2) is 13.5. The van der Waals surface area contributed by atoms with Crippen molar-refractivity contribution in [3.8, 4) is 22.5 Å². The van der Waals surface area contributed by atoms with Crippen molar-refractivity contribution in [1.82, 2.24) is 9.13 Å². The lowest BCUT2D eigenvalue weighted by Crippen LogP contribution is -2.47. The van der Waals surface area contributed by atoms with Gasteiger partial charge in [0.15, 0.2) is 0 Å². The Kier molecular flexibility index (Phi) is 7.49. The number of hydrogen-bond donors (Lipinski definition) is 1. The van der Waals surface area contributed by atoms with Crippen LogP contribution in [0.15, 0.2) is 237 Å². The van der Waals surface area contributed by atoms with Crippen LogP contribution in [0.2, 0.25) is 0 Å². The van der Waals surface area contributed by atoms with Crippen molar-refractivity contribution in [3.63, 3.8) is 0 Å². The summed E-state index contributed by atoms with van der Waals surface area (Å²) in [6, 6.07) is 86.7. The molecule has 0 fully saturated rings. The standard InChI is InChI=1S/C63H40N2OP/c66-67(46-23-2-1-3-24-46)59-33-13-10-28-52(59)63(44-21-14-22-45(39-44)64-54-30-11-8-25-47(54)50-35-40-17-4-6-19-42(40)37-57(50)64)53-29-16-32-56(61(53)49-27-15-34-60(67)62(49)63)65-55-31-12-9-26-48(55)51-36-41-18-5-7-20-43(41)38-58(51)65/h1-39,66H/q+1. The third-order valence-electron chi connectivity index (χ3n) is 15.1. The number of aromatic nitrogens is 2. The predicted molar refractivity (Wildman–Crippen MR) is 282 cm³/mol. The van der Waals surface area contributed by atoms with Crippen molar-refractivity contribution >= 4 is 88.6 Å². The van der Waals surface area contributed by atoms with Gasteiger partial charge in [-0.15, -0.1) is 0 Å². The second-order valence-corrected chi connectivity index (χ2v) is 21.1. The molecule has 1 aliphatic carbocycles. The Labute approximate surface area is 387 Å². The van der Waals surface area contributed by atoms with Gasteiger partial charge in [-0.25, -0.2) is 4.89 Å². The van der Waals surface area contributed by atoms with Gasteiger partial charge in [0.05, 0.1) is 33.2 Å². The van der Waals surface area contributed by atoms with Crippen LogP contribution in [-0.4, -0.2) is 14.0 Å². The van der Waals surface area contributed by atoms with E-state index in [-0.39, 0.29) is 0 Å². The summed E-state index contributed by atoms with van der Waals surface area (Å²) in [5.74, 6) is 0. The van der Waals surface area contributed by atoms with Crippen molar-refractivity contribution in [2.24, 2.45) is 0 Å². The maximum Gasteiger partial charge on any atom is 0.239 e. The number of para-hydroxylation sites is 2. The molecule has 1 N–H and O–H groups in total. The Morgan fingerprint density at radius 3 is 1.63 bits per heavy atom. The van der Waals surface area contributed by atoms with Gasteiger partial charge in [-0.3, -0.25) is 0 Å². The van der Waals surface area contributed by atoms with Crippen LogP contribution in [0.1, 0.15) is 22.3 Å². The van der Waals surface area contributed by atoms with E-state index in [1.807, 2.05) is 6.07 Å². The zero-order valence-electron chi connectivity index (χ0n) is 36.3. The monoisotopic (exact) mass is 871 g/mol. The summed E-state index contributed by atoms with van der Waals surface area (Å²) >= 11 is 0. The SMILES string of the molecule is O[P+]1(c2ccccc2)c2ccccc2C2(c3cccc(-n4c5ccccc5c5cc6ccccc6cc54)c3)c3cccc(-n4c5ccccc5c5cc6ccccc6cc54)c3-c3cccc1c32. The lowest BCUT2D eigenvalue weighted by molar-refractivity contribution is 0.628. The van der Waals surface area contributed by atoms with E-state index in [0.717, 1.165) is 38.4 Å². The van der Waals surface area contributed by atoms with Crippen LogP contribution in [0, 0.1) is 0 Å². The molecule has 0 saturated carbocycles. The normalized spacial score (nSPS) is 17.1. The number of hydrogen-bond acceptors (Lipinski definition) is 1. The first-order valence-electron chi connectivity index (χ1n) is 23.1. The summed E-state index contributed by atoms with van der Waals surface area (Å²) in [7, 11) is -3.15. The highest BCUT2D eigenvalue weighted by Gasteiger charge is 2.62. The van der Waals surface area contributed by atoms with Gasteiger partial charge in [0, 0.05) is 43.9 Å². The minimum absolute atomic E-state index is 0.776. The van der Waals surface area contributed by atoms with Gasteiger partial charge < -0.3 is 9.13 Å². The highest BCUT2D eigenvalue weighted by molar-refractivity contribution is 7.91. The van der Waals surface area contributed by atoms with Gasteiger partial charge in [0.25, 0.3) is 0 Å². The molecular weight excluding hydrogens is 832 g/mol. The Morgan fingerprint density at radius 1 is 0.373 bits per heavy atom. The molecule has 1 aliphatic heterocycles. The van der Waals surface area contributed by atoms with Gasteiger partial charge in [0.2, 0.25) is 7.49 Å². The summed E-state index contributed by atoms with van der Waals surface area (Å²) < 4.78 is 4.96. The van der Waals surface area contributed by atoms with E-state index in [9.17, 15) is 4.89 Å². The molecule has 13 aromatic rings. The van der Waals surface area contributed by atoms with Crippen molar-refractivity contribution in [1.29, 1.82) is 0 Å². The molecule has 0 spiro atoms. The van der Waals surface area contributed by atoms with E-state index >= 15 is 0 Å². The first-order valence-corrected chi connectivity index (χ1v) is 24.9. The lowest BCUT2D eigenvalue weighted by atomic mass is 9.67. The first-order chi connectivity index (χ1) is 33.1. The van der Waals surface area contributed by atoms with E-state index in [4.69, 9.17) is 0 Å². The summed E-state index contributed by atoms with van der Waals surface area (Å²) in [6.07, 6.45) is 0. The van der Waals surface area contributed by atoms with E-state index in [2.05, 4.69) is 240 Å². The van der Waals surface area contributed by atoms with Crippen LogP contribution in [0.5, 0.6) is 0 Å². The number of rotatable bonds is 4. The molecule has 3 nitrogen and oxygen atoms in total. The van der Waals surface area contributed by atoms with Gasteiger partial charge in [0.1, 0.15) is 15.9 Å². The number of benzene rings is 11. The van der Waals surface area contributed by atoms with Gasteiger partial charge >= 0.3 is 0 Å². The van der Waals surface area contributed by atoms with Crippen LogP contribution >= 0.6 is 7.49 Å². The van der Waals surface area contributed by atoms with E-state index < -0.39 is 12.9 Å². The zero-order chi connectivity index (χ0) is 44.0. The maximum absolute atomic E-state index is 13.9. The minimum Gasteiger partial charge on any atom is -0.309 e. The molecule has 2 aliphatic rings. The van der Waals surface area contributed by atoms with E-state index in [1.54, 1.807) is 0 Å². The Hall–Kier alpha value is -8.07. The molecular formula is C63H40N2OP+. The molecule has 0 radical (unpaired) electrons. The molecule has 2 aromatic heterocycles. The molecule has 3 heterocycles. The van der Waals surface area contributed by atoms with Crippen LogP contribution in [0.25, 0.3) is 87.7 Å². The molecule has 2 atom stereocenters. The van der Waals surface area contributed by atoms with Gasteiger partial charge in [-0.05, 0) is 117 Å². The van der Waals surface area contributed by atoms with Gasteiger partial charge in [-0.1, -0.05) is 158 Å². The quantitative estimate of drug-likeness (QED) is 0.176. The highest BCUT2D eigenvalue weighted by Crippen LogP contribution is 2.67. The summed E-state index contributed by atoms with van der Waals surface area (Å²) in [5.41, 5.74) is 13.2. The molecule has 0 amide bonds. The minimum atomic E-state index is -3.15. The van der Waals surface area contributed by atoms with Crippen molar-refractivity contribution in [3.05, 3.63) is 259 Å². The molecule has 11 aromatic carbocycles. The largest absolute Gasteiger partial charge is 0.309 e. The summed E-state index contributed by atoms with van der Waals surface area (Å²) in [4.78, 5) is 13.9. The van der Waals surface area contributed by atoms with Crippen molar-refractivity contribution in [2.45, 2.75) is 5.41 Å². The van der Waals surface area contributed by atoms with Crippen molar-refractivity contribution < 1.29 is 4.89 Å². The summed E-state index contributed by atoms with van der Waals surface area (Å²) in [5, 5.41) is 12.8. The fourth-order valence-electron chi connectivity index (χ4n) is 12.5. The maximum atomic E-state index is 13.9. The Morgan fingerprint density at radius 2 is 0.910 bits per heavy atom. The van der Waals surface area contributed by atoms with E-state index in [1.165, 1.54) is 87.4 Å². The average Bonchev–Trinajstić information content (AvgIpc) is 4.01. The third-order valence-corrected chi connectivity index (χ3v) is 18.3.